The van der Waals surface area contributed by atoms with Crippen molar-refractivity contribution in [1.29, 1.82) is 0 Å². The molecule has 1 aliphatic heterocycles. The van der Waals surface area contributed by atoms with E-state index < -0.39 is 0 Å². The fourth-order valence-electron chi connectivity index (χ4n) is 2.81. The van der Waals surface area contributed by atoms with Crippen molar-refractivity contribution in [1.82, 2.24) is 10.2 Å². The summed E-state index contributed by atoms with van der Waals surface area (Å²) in [5.74, 6) is 1.06. The molecule has 20 heavy (non-hydrogen) atoms. The average Bonchev–Trinajstić information content (AvgIpc) is 2.51. The molecule has 0 saturated heterocycles. The monoisotopic (exact) mass is 276 g/mol. The molecule has 0 bridgehead atoms. The summed E-state index contributed by atoms with van der Waals surface area (Å²) in [6.45, 7) is 11.9. The van der Waals surface area contributed by atoms with Crippen LogP contribution >= 0.6 is 0 Å². The van der Waals surface area contributed by atoms with E-state index in [1.807, 2.05) is 0 Å². The molecule has 1 heterocycles. The molecule has 0 saturated carbocycles. The van der Waals surface area contributed by atoms with Gasteiger partial charge in [0.2, 0.25) is 0 Å². The van der Waals surface area contributed by atoms with Crippen LogP contribution in [-0.4, -0.2) is 37.7 Å². The molecule has 3 heteroatoms. The van der Waals surface area contributed by atoms with Crippen LogP contribution in [0.2, 0.25) is 0 Å². The quantitative estimate of drug-likeness (QED) is 0.828. The van der Waals surface area contributed by atoms with Crippen molar-refractivity contribution in [3.05, 3.63) is 29.3 Å². The molecule has 1 aromatic carbocycles. The lowest BCUT2D eigenvalue weighted by Gasteiger charge is -2.28. The summed E-state index contributed by atoms with van der Waals surface area (Å²) in [5.41, 5.74) is 2.74. The zero-order valence-electron chi connectivity index (χ0n) is 13.1. The minimum atomic E-state index is 0.445. The molecule has 0 spiro atoms. The predicted octanol–water partition coefficient (Wildman–Crippen LogP) is 3.00. The second-order valence-electron chi connectivity index (χ2n) is 5.40. The van der Waals surface area contributed by atoms with Gasteiger partial charge in [-0.05, 0) is 31.1 Å². The maximum atomic E-state index is 5.77. The Morgan fingerprint density at radius 3 is 2.75 bits per heavy atom. The van der Waals surface area contributed by atoms with Crippen LogP contribution in [0.1, 0.15) is 44.4 Å². The summed E-state index contributed by atoms with van der Waals surface area (Å²) in [5, 5.41) is 3.71. The Morgan fingerprint density at radius 2 is 2.05 bits per heavy atom. The lowest BCUT2D eigenvalue weighted by Crippen LogP contribution is -2.35. The van der Waals surface area contributed by atoms with E-state index in [1.165, 1.54) is 11.1 Å². The first-order chi connectivity index (χ1) is 9.78. The molecule has 1 aliphatic rings. The first-order valence-corrected chi connectivity index (χ1v) is 7.99. The predicted molar refractivity (Wildman–Crippen MR) is 84.5 cm³/mol. The topological polar surface area (TPSA) is 24.5 Å². The summed E-state index contributed by atoms with van der Waals surface area (Å²) in [7, 11) is 0. The Labute approximate surface area is 123 Å². The van der Waals surface area contributed by atoms with Gasteiger partial charge in [-0.15, -0.1) is 0 Å². The summed E-state index contributed by atoms with van der Waals surface area (Å²) >= 11 is 0. The second kappa shape index (κ2) is 7.65. The Balaban J connectivity index is 1.97. The number of hydrogen-bond acceptors (Lipinski definition) is 3. The molecular weight excluding hydrogens is 248 g/mol. The third-order valence-electron chi connectivity index (χ3n) is 4.24. The van der Waals surface area contributed by atoms with Gasteiger partial charge in [-0.2, -0.15) is 0 Å². The largest absolute Gasteiger partial charge is 0.493 e. The molecule has 0 amide bonds. The van der Waals surface area contributed by atoms with Gasteiger partial charge in [0.1, 0.15) is 5.75 Å². The molecule has 0 aliphatic carbocycles. The summed E-state index contributed by atoms with van der Waals surface area (Å²) in [4.78, 5) is 2.45. The third kappa shape index (κ3) is 3.74. The zero-order chi connectivity index (χ0) is 14.4. The van der Waals surface area contributed by atoms with E-state index in [1.54, 1.807) is 0 Å². The summed E-state index contributed by atoms with van der Waals surface area (Å²) in [6, 6.07) is 7.06. The number of ether oxygens (including phenoxy) is 1. The average molecular weight is 276 g/mol. The van der Waals surface area contributed by atoms with E-state index >= 15 is 0 Å². The van der Waals surface area contributed by atoms with Gasteiger partial charge >= 0.3 is 0 Å². The number of rotatable bonds is 7. The number of likely N-dealkylation sites (N-methyl/N-ethyl adjacent to an activating group) is 1. The Bertz CT molecular complexity index is 415. The van der Waals surface area contributed by atoms with E-state index in [0.29, 0.717) is 6.04 Å². The second-order valence-corrected chi connectivity index (χ2v) is 5.40. The van der Waals surface area contributed by atoms with E-state index in [-0.39, 0.29) is 0 Å². The molecule has 3 nitrogen and oxygen atoms in total. The van der Waals surface area contributed by atoms with Gasteiger partial charge in [0.15, 0.2) is 0 Å². The minimum absolute atomic E-state index is 0.445. The highest BCUT2D eigenvalue weighted by Crippen LogP contribution is 2.32. The van der Waals surface area contributed by atoms with Gasteiger partial charge in [0, 0.05) is 31.1 Å². The number of nitrogens with one attached hydrogen (secondary N) is 1. The fourth-order valence-corrected chi connectivity index (χ4v) is 2.81. The van der Waals surface area contributed by atoms with E-state index in [9.17, 15) is 0 Å². The SMILES string of the molecule is CCc1ccc2c(c1)C(NCCN(CC)CC)CCO2. The highest BCUT2D eigenvalue weighted by molar-refractivity contribution is 5.40. The Kier molecular flexibility index (Phi) is 5.86. The molecule has 0 radical (unpaired) electrons. The molecule has 0 aromatic heterocycles. The van der Waals surface area contributed by atoms with Crippen molar-refractivity contribution in [2.24, 2.45) is 0 Å². The van der Waals surface area contributed by atoms with Crippen molar-refractivity contribution >= 4 is 0 Å². The standard InChI is InChI=1S/C17H28N2O/c1-4-14-7-8-17-15(13-14)16(9-12-20-17)18-10-11-19(5-2)6-3/h7-8,13,16,18H,4-6,9-12H2,1-3H3. The summed E-state index contributed by atoms with van der Waals surface area (Å²) in [6.07, 6.45) is 2.15. The molecule has 112 valence electrons. The number of benzene rings is 1. The van der Waals surface area contributed by atoms with Gasteiger partial charge in [0.05, 0.1) is 6.61 Å². The number of nitrogens with zero attached hydrogens (tertiary/aromatic N) is 1. The zero-order valence-corrected chi connectivity index (χ0v) is 13.1. The minimum Gasteiger partial charge on any atom is -0.493 e. The van der Waals surface area contributed by atoms with Crippen molar-refractivity contribution in [2.45, 2.75) is 39.7 Å². The Morgan fingerprint density at radius 1 is 1.25 bits per heavy atom. The van der Waals surface area contributed by atoms with Crippen LogP contribution in [0.25, 0.3) is 0 Å². The molecule has 1 unspecified atom stereocenters. The molecular formula is C17H28N2O. The normalized spacial score (nSPS) is 17.9. The van der Waals surface area contributed by atoms with Gasteiger partial charge in [-0.25, -0.2) is 0 Å². The highest BCUT2D eigenvalue weighted by Gasteiger charge is 2.21. The molecule has 2 rings (SSSR count). The van der Waals surface area contributed by atoms with Crippen molar-refractivity contribution in [3.8, 4) is 5.75 Å². The lowest BCUT2D eigenvalue weighted by molar-refractivity contribution is 0.243. The molecule has 0 fully saturated rings. The third-order valence-corrected chi connectivity index (χ3v) is 4.24. The van der Waals surface area contributed by atoms with Crippen molar-refractivity contribution < 1.29 is 4.74 Å². The summed E-state index contributed by atoms with van der Waals surface area (Å²) < 4.78 is 5.77. The van der Waals surface area contributed by atoms with Crippen LogP contribution in [0.3, 0.4) is 0 Å². The van der Waals surface area contributed by atoms with Crippen LogP contribution in [0.15, 0.2) is 18.2 Å². The maximum absolute atomic E-state index is 5.77. The highest BCUT2D eigenvalue weighted by atomic mass is 16.5. The van der Waals surface area contributed by atoms with Gasteiger partial charge < -0.3 is 15.0 Å². The first kappa shape index (κ1) is 15.3. The number of aryl methyl sites for hydroxylation is 1. The fraction of sp³-hybridized carbons (Fsp3) is 0.647. The number of fused-ring (bicyclic) bond motifs is 1. The van der Waals surface area contributed by atoms with Crippen LogP contribution < -0.4 is 10.1 Å². The number of hydrogen-bond donors (Lipinski definition) is 1. The lowest BCUT2D eigenvalue weighted by atomic mass is 9.97. The van der Waals surface area contributed by atoms with Crippen molar-refractivity contribution in [3.63, 3.8) is 0 Å². The molecule has 1 aromatic rings. The van der Waals surface area contributed by atoms with E-state index in [4.69, 9.17) is 4.74 Å². The van der Waals surface area contributed by atoms with Crippen LogP contribution in [0, 0.1) is 0 Å². The Hall–Kier alpha value is -1.06. The molecule has 1 N–H and O–H groups in total. The first-order valence-electron chi connectivity index (χ1n) is 7.99. The van der Waals surface area contributed by atoms with Gasteiger partial charge in [-0.1, -0.05) is 32.9 Å². The maximum Gasteiger partial charge on any atom is 0.124 e. The van der Waals surface area contributed by atoms with E-state index in [2.05, 4.69) is 49.2 Å². The van der Waals surface area contributed by atoms with Crippen molar-refractivity contribution in [2.75, 3.05) is 32.8 Å². The van der Waals surface area contributed by atoms with Gasteiger partial charge in [0.25, 0.3) is 0 Å². The van der Waals surface area contributed by atoms with Crippen LogP contribution in [0.5, 0.6) is 5.75 Å². The van der Waals surface area contributed by atoms with E-state index in [0.717, 1.165) is 51.4 Å². The van der Waals surface area contributed by atoms with Crippen LogP contribution in [0.4, 0.5) is 0 Å². The molecule has 1 atom stereocenters. The van der Waals surface area contributed by atoms with Crippen LogP contribution in [-0.2, 0) is 6.42 Å². The smallest absolute Gasteiger partial charge is 0.124 e. The van der Waals surface area contributed by atoms with Gasteiger partial charge in [-0.3, -0.25) is 0 Å².